The van der Waals surface area contributed by atoms with Crippen LogP contribution in [0.4, 0.5) is 0 Å². The van der Waals surface area contributed by atoms with Crippen molar-refractivity contribution in [3.05, 3.63) is 29.8 Å². The van der Waals surface area contributed by atoms with Crippen LogP contribution in [0.1, 0.15) is 38.2 Å². The summed E-state index contributed by atoms with van der Waals surface area (Å²) in [7, 11) is 0. The van der Waals surface area contributed by atoms with Crippen molar-refractivity contribution >= 4 is 0 Å². The molecule has 2 atom stereocenters. The Hall–Kier alpha value is -1.06. The first-order valence-corrected chi connectivity index (χ1v) is 9.48. The maximum Gasteiger partial charge on any atom is 0.119 e. The zero-order valence-corrected chi connectivity index (χ0v) is 14.4. The van der Waals surface area contributed by atoms with Gasteiger partial charge in [0.15, 0.2) is 0 Å². The van der Waals surface area contributed by atoms with E-state index in [0.717, 1.165) is 36.8 Å². The summed E-state index contributed by atoms with van der Waals surface area (Å²) < 4.78 is 5.66. The standard InChI is InChI=1S/C20H30N2O/c1-2-23-20-5-3-4-17(10-20)11-21-12-18-8-9-19(15-21)22(14-18)13-16-6-7-16/h3-5,10,16,18-19H,2,6-9,11-15H2,1H3. The molecule has 1 aromatic rings. The third-order valence-corrected chi connectivity index (χ3v) is 5.71. The van der Waals surface area contributed by atoms with E-state index in [1.807, 2.05) is 6.92 Å². The van der Waals surface area contributed by atoms with Crippen LogP contribution in [0.5, 0.6) is 5.75 Å². The molecule has 126 valence electrons. The Morgan fingerprint density at radius 2 is 2.00 bits per heavy atom. The molecule has 3 nitrogen and oxygen atoms in total. The normalized spacial score (nSPS) is 28.7. The highest BCUT2D eigenvalue weighted by atomic mass is 16.5. The molecule has 2 unspecified atom stereocenters. The highest BCUT2D eigenvalue weighted by Gasteiger charge is 2.37. The van der Waals surface area contributed by atoms with Gasteiger partial charge in [0.2, 0.25) is 0 Å². The molecule has 5 rings (SSSR count). The van der Waals surface area contributed by atoms with Crippen LogP contribution in [-0.2, 0) is 6.54 Å². The minimum Gasteiger partial charge on any atom is -0.494 e. The lowest BCUT2D eigenvalue weighted by Gasteiger charge is -2.36. The van der Waals surface area contributed by atoms with E-state index < -0.39 is 0 Å². The van der Waals surface area contributed by atoms with Crippen molar-refractivity contribution in [2.24, 2.45) is 11.8 Å². The van der Waals surface area contributed by atoms with Gasteiger partial charge in [0, 0.05) is 38.8 Å². The van der Waals surface area contributed by atoms with Crippen molar-refractivity contribution in [1.29, 1.82) is 0 Å². The number of hydrogen-bond acceptors (Lipinski definition) is 3. The summed E-state index contributed by atoms with van der Waals surface area (Å²) >= 11 is 0. The molecule has 0 spiro atoms. The summed E-state index contributed by atoms with van der Waals surface area (Å²) in [5.41, 5.74) is 1.39. The maximum absolute atomic E-state index is 5.66. The lowest BCUT2D eigenvalue weighted by atomic mass is 9.95. The van der Waals surface area contributed by atoms with Gasteiger partial charge in [-0.05, 0) is 62.1 Å². The van der Waals surface area contributed by atoms with E-state index in [1.165, 1.54) is 57.4 Å². The molecule has 1 saturated carbocycles. The van der Waals surface area contributed by atoms with Gasteiger partial charge in [-0.15, -0.1) is 0 Å². The summed E-state index contributed by atoms with van der Waals surface area (Å²) in [5.74, 6) is 2.91. The SMILES string of the molecule is CCOc1cccc(CN2CC3CCC(C2)N(CC2CC2)C3)c1. The summed E-state index contributed by atoms with van der Waals surface area (Å²) in [6.45, 7) is 9.11. The molecular formula is C20H30N2O. The molecule has 2 bridgehead atoms. The van der Waals surface area contributed by atoms with E-state index in [1.54, 1.807) is 0 Å². The molecule has 3 heteroatoms. The van der Waals surface area contributed by atoms with Gasteiger partial charge in [0.25, 0.3) is 0 Å². The second kappa shape index (κ2) is 6.82. The van der Waals surface area contributed by atoms with Gasteiger partial charge in [0.1, 0.15) is 5.75 Å². The number of hydrogen-bond donors (Lipinski definition) is 0. The van der Waals surface area contributed by atoms with E-state index in [0.29, 0.717) is 0 Å². The molecule has 4 fully saturated rings. The van der Waals surface area contributed by atoms with Gasteiger partial charge in [-0.25, -0.2) is 0 Å². The Morgan fingerprint density at radius 1 is 1.09 bits per heavy atom. The molecule has 0 amide bonds. The highest BCUT2D eigenvalue weighted by Crippen LogP contribution is 2.35. The van der Waals surface area contributed by atoms with Gasteiger partial charge in [-0.1, -0.05) is 12.1 Å². The predicted molar refractivity (Wildman–Crippen MR) is 93.7 cm³/mol. The number of piperidine rings is 1. The van der Waals surface area contributed by atoms with Crippen LogP contribution < -0.4 is 4.74 Å². The van der Waals surface area contributed by atoms with Gasteiger partial charge in [-0.3, -0.25) is 9.80 Å². The van der Waals surface area contributed by atoms with Crippen molar-refractivity contribution in [3.8, 4) is 5.75 Å². The maximum atomic E-state index is 5.66. The molecule has 0 radical (unpaired) electrons. The summed E-state index contributed by atoms with van der Waals surface area (Å²) in [6.07, 6.45) is 5.79. The largest absolute Gasteiger partial charge is 0.494 e. The van der Waals surface area contributed by atoms with Crippen LogP contribution in [0.15, 0.2) is 24.3 Å². The topological polar surface area (TPSA) is 15.7 Å². The summed E-state index contributed by atoms with van der Waals surface area (Å²) in [5, 5.41) is 0. The second-order valence-corrected chi connectivity index (χ2v) is 7.77. The van der Waals surface area contributed by atoms with Crippen molar-refractivity contribution in [1.82, 2.24) is 9.80 Å². The molecule has 3 aliphatic heterocycles. The van der Waals surface area contributed by atoms with E-state index in [-0.39, 0.29) is 0 Å². The fraction of sp³-hybridized carbons (Fsp3) is 0.700. The Bertz CT molecular complexity index is 528. The van der Waals surface area contributed by atoms with Crippen molar-refractivity contribution < 1.29 is 4.74 Å². The van der Waals surface area contributed by atoms with Crippen LogP contribution in [-0.4, -0.2) is 48.6 Å². The Labute approximate surface area is 140 Å². The zero-order valence-electron chi connectivity index (χ0n) is 14.4. The first-order chi connectivity index (χ1) is 11.3. The third kappa shape index (κ3) is 3.89. The predicted octanol–water partition coefficient (Wildman–Crippen LogP) is 3.39. The first-order valence-electron chi connectivity index (χ1n) is 9.48. The third-order valence-electron chi connectivity index (χ3n) is 5.71. The minimum atomic E-state index is 0.743. The number of nitrogens with zero attached hydrogens (tertiary/aromatic N) is 2. The molecule has 4 aliphatic rings. The average Bonchev–Trinajstić information content (AvgIpc) is 3.36. The van der Waals surface area contributed by atoms with E-state index >= 15 is 0 Å². The van der Waals surface area contributed by atoms with Gasteiger partial charge >= 0.3 is 0 Å². The lowest BCUT2D eigenvalue weighted by molar-refractivity contribution is 0.125. The van der Waals surface area contributed by atoms with E-state index in [9.17, 15) is 0 Å². The van der Waals surface area contributed by atoms with Crippen molar-refractivity contribution in [2.75, 3.05) is 32.8 Å². The highest BCUT2D eigenvalue weighted by molar-refractivity contribution is 5.28. The Morgan fingerprint density at radius 3 is 2.83 bits per heavy atom. The quantitative estimate of drug-likeness (QED) is 0.800. The Balaban J connectivity index is 1.40. The van der Waals surface area contributed by atoms with Crippen LogP contribution in [0.2, 0.25) is 0 Å². The average molecular weight is 314 g/mol. The van der Waals surface area contributed by atoms with Gasteiger partial charge < -0.3 is 4.74 Å². The summed E-state index contributed by atoms with van der Waals surface area (Å²) in [4.78, 5) is 5.52. The van der Waals surface area contributed by atoms with Crippen molar-refractivity contribution in [2.45, 2.75) is 45.2 Å². The lowest BCUT2D eigenvalue weighted by Crippen LogP contribution is -2.44. The number of fused-ring (bicyclic) bond motifs is 4. The van der Waals surface area contributed by atoms with Crippen LogP contribution >= 0.6 is 0 Å². The van der Waals surface area contributed by atoms with Crippen LogP contribution in [0, 0.1) is 11.8 Å². The number of benzene rings is 1. The molecule has 23 heavy (non-hydrogen) atoms. The van der Waals surface area contributed by atoms with Crippen LogP contribution in [0.25, 0.3) is 0 Å². The molecular weight excluding hydrogens is 284 g/mol. The van der Waals surface area contributed by atoms with Crippen LogP contribution in [0.3, 0.4) is 0 Å². The molecule has 1 aromatic carbocycles. The van der Waals surface area contributed by atoms with Gasteiger partial charge in [-0.2, -0.15) is 0 Å². The molecule has 3 saturated heterocycles. The zero-order chi connectivity index (χ0) is 15.6. The van der Waals surface area contributed by atoms with Gasteiger partial charge in [0.05, 0.1) is 6.61 Å². The summed E-state index contributed by atoms with van der Waals surface area (Å²) in [6, 6.07) is 9.46. The van der Waals surface area contributed by atoms with E-state index in [4.69, 9.17) is 4.74 Å². The second-order valence-electron chi connectivity index (χ2n) is 7.77. The molecule has 0 aromatic heterocycles. The van der Waals surface area contributed by atoms with Crippen molar-refractivity contribution in [3.63, 3.8) is 0 Å². The Kier molecular flexibility index (Phi) is 4.59. The monoisotopic (exact) mass is 314 g/mol. The molecule has 3 heterocycles. The number of rotatable bonds is 6. The number of ether oxygens (including phenoxy) is 1. The molecule has 1 aliphatic carbocycles. The fourth-order valence-electron chi connectivity index (χ4n) is 4.42. The minimum absolute atomic E-state index is 0.743. The van der Waals surface area contributed by atoms with E-state index in [2.05, 4.69) is 34.1 Å². The molecule has 0 N–H and O–H groups in total. The first kappa shape index (κ1) is 15.5. The smallest absolute Gasteiger partial charge is 0.119 e. The fourth-order valence-corrected chi connectivity index (χ4v) is 4.42.